The largest absolute Gasteiger partial charge is 0.307 e. The maximum atomic E-state index is 10.6. The van der Waals surface area contributed by atoms with Crippen LogP contribution in [0, 0.1) is 11.3 Å². The molecule has 0 unspecified atom stereocenters. The van der Waals surface area contributed by atoms with E-state index in [-0.39, 0.29) is 0 Å². The normalized spacial score (nSPS) is 12.1. The lowest BCUT2D eigenvalue weighted by molar-refractivity contribution is 1.15. The van der Waals surface area contributed by atoms with Gasteiger partial charge in [0.2, 0.25) is 0 Å². The molecule has 0 aliphatic rings. The third-order valence-electron chi connectivity index (χ3n) is 11.2. The molecule has 12 aromatic rings. The molecule has 4 heteroatoms. The minimum Gasteiger partial charge on any atom is -0.307 e. The highest BCUT2D eigenvalue weighted by atomic mass is 32.1. The predicted octanol–water partition coefficient (Wildman–Crippen LogP) is 13.5. The van der Waals surface area contributed by atoms with Crippen molar-refractivity contribution in [1.82, 2.24) is 9.13 Å². The van der Waals surface area contributed by atoms with Crippen molar-refractivity contribution in [3.8, 4) is 28.6 Å². The molecule has 0 bridgehead atoms. The molecule has 53 heavy (non-hydrogen) atoms. The minimum atomic E-state index is 0.631. The Hall–Kier alpha value is -6.93. The van der Waals surface area contributed by atoms with Gasteiger partial charge >= 0.3 is 0 Å². The summed E-state index contributed by atoms with van der Waals surface area (Å²) >= 11 is 1.85. The first-order chi connectivity index (χ1) is 26.2. The first kappa shape index (κ1) is 28.7. The van der Waals surface area contributed by atoms with Gasteiger partial charge in [-0.05, 0) is 93.3 Å². The molecule has 0 N–H and O–H groups in total. The van der Waals surface area contributed by atoms with Crippen LogP contribution in [0.2, 0.25) is 0 Å². The fraction of sp³-hybridized carbons (Fsp3) is 0. The Balaban J connectivity index is 1.21. The molecule has 0 aliphatic heterocycles. The van der Waals surface area contributed by atoms with E-state index in [0.717, 1.165) is 39.1 Å². The number of hydrogen-bond acceptors (Lipinski definition) is 2. The van der Waals surface area contributed by atoms with E-state index in [1.54, 1.807) is 0 Å². The Morgan fingerprint density at radius 1 is 0.396 bits per heavy atom. The van der Waals surface area contributed by atoms with Gasteiger partial charge < -0.3 is 9.13 Å². The number of nitriles is 1. The van der Waals surface area contributed by atoms with Crippen LogP contribution < -0.4 is 0 Å². The third-order valence-corrected chi connectivity index (χ3v) is 12.3. The van der Waals surface area contributed by atoms with Crippen molar-refractivity contribution in [2.24, 2.45) is 0 Å². The number of para-hydroxylation sites is 3. The lowest BCUT2D eigenvalue weighted by Crippen LogP contribution is -1.99. The summed E-state index contributed by atoms with van der Waals surface area (Å²) in [4.78, 5) is 0. The first-order valence-electron chi connectivity index (χ1n) is 17.9. The molecule has 0 amide bonds. The highest BCUT2D eigenvalue weighted by Gasteiger charge is 2.22. The van der Waals surface area contributed by atoms with Crippen LogP contribution in [0.3, 0.4) is 0 Å². The van der Waals surface area contributed by atoms with Crippen LogP contribution in [0.15, 0.2) is 164 Å². The molecule has 0 aliphatic carbocycles. The second-order valence-corrected chi connectivity index (χ2v) is 15.1. The summed E-state index contributed by atoms with van der Waals surface area (Å²) in [6, 6.07) is 61.6. The topological polar surface area (TPSA) is 33.6 Å². The van der Waals surface area contributed by atoms with Crippen LogP contribution in [0.5, 0.6) is 0 Å². The Morgan fingerprint density at radius 2 is 0.962 bits per heavy atom. The molecule has 244 valence electrons. The van der Waals surface area contributed by atoms with Gasteiger partial charge in [0.25, 0.3) is 0 Å². The number of hydrogen-bond donors (Lipinski definition) is 0. The van der Waals surface area contributed by atoms with E-state index in [1.807, 2.05) is 17.4 Å². The van der Waals surface area contributed by atoms with Crippen LogP contribution in [0.25, 0.3) is 108 Å². The van der Waals surface area contributed by atoms with E-state index >= 15 is 0 Å². The molecule has 0 spiro atoms. The van der Waals surface area contributed by atoms with Gasteiger partial charge in [0.15, 0.2) is 0 Å². The van der Waals surface area contributed by atoms with E-state index in [1.165, 1.54) is 68.8 Å². The molecule has 0 atom stereocenters. The van der Waals surface area contributed by atoms with Crippen molar-refractivity contribution in [1.29, 1.82) is 5.26 Å². The van der Waals surface area contributed by atoms with Gasteiger partial charge in [0.1, 0.15) is 0 Å². The standard InChI is InChI=1S/C49H27N3S/c50-28-29-23-30(31-26-41-35-14-5-4-13-34(35)38-17-10-20-44-46(38)47(41)45(27-31)53-44)25-33(24-29)52-43-19-9-7-16-37(43)40-22-21-39-36-15-6-8-18-42(36)51(48(39)49(40)52)32-11-2-1-3-12-32/h1-27H. The second-order valence-electron chi connectivity index (χ2n) is 14.0. The molecule has 3 aromatic heterocycles. The summed E-state index contributed by atoms with van der Waals surface area (Å²) in [5.41, 5.74) is 9.40. The zero-order chi connectivity index (χ0) is 34.8. The van der Waals surface area contributed by atoms with Crippen LogP contribution in [-0.2, 0) is 0 Å². The second kappa shape index (κ2) is 10.6. The monoisotopic (exact) mass is 689 g/mol. The van der Waals surface area contributed by atoms with Gasteiger partial charge in [0.05, 0.1) is 33.7 Å². The summed E-state index contributed by atoms with van der Waals surface area (Å²) in [7, 11) is 0. The number of nitrogens with zero attached hydrogens (tertiary/aromatic N) is 3. The molecule has 0 radical (unpaired) electrons. The zero-order valence-electron chi connectivity index (χ0n) is 28.3. The van der Waals surface area contributed by atoms with Gasteiger partial charge in [-0.3, -0.25) is 0 Å². The van der Waals surface area contributed by atoms with Crippen LogP contribution in [0.4, 0.5) is 0 Å². The summed E-state index contributed by atoms with van der Waals surface area (Å²) in [6.45, 7) is 0. The minimum absolute atomic E-state index is 0.631. The molecular weight excluding hydrogens is 663 g/mol. The van der Waals surface area contributed by atoms with Gasteiger partial charge in [-0.2, -0.15) is 5.26 Å². The number of benzene rings is 9. The fourth-order valence-electron chi connectivity index (χ4n) is 9.09. The van der Waals surface area contributed by atoms with Crippen molar-refractivity contribution in [2.75, 3.05) is 0 Å². The van der Waals surface area contributed by atoms with Gasteiger partial charge in [0, 0.05) is 53.1 Å². The Bertz CT molecular complexity index is 3520. The zero-order valence-corrected chi connectivity index (χ0v) is 29.2. The molecule has 12 rings (SSSR count). The Labute approximate surface area is 307 Å². The van der Waals surface area contributed by atoms with Crippen LogP contribution in [-0.4, -0.2) is 9.13 Å². The SMILES string of the molecule is N#Cc1cc(-c2cc3sc4cccc5c6ccccc6c(c2)c3c45)cc(-n2c3ccccc3c3ccc4c5ccccc5n(-c5ccccc5)c4c32)c1. The van der Waals surface area contributed by atoms with Crippen molar-refractivity contribution in [3.05, 3.63) is 169 Å². The number of thiophene rings is 1. The lowest BCUT2D eigenvalue weighted by Gasteiger charge is -2.15. The van der Waals surface area contributed by atoms with Gasteiger partial charge in [-0.25, -0.2) is 0 Å². The maximum absolute atomic E-state index is 10.6. The quantitative estimate of drug-likeness (QED) is 0.170. The maximum Gasteiger partial charge on any atom is 0.0992 e. The molecule has 0 saturated carbocycles. The molecule has 3 nitrogen and oxygen atoms in total. The van der Waals surface area contributed by atoms with Gasteiger partial charge in [-0.1, -0.05) is 103 Å². The van der Waals surface area contributed by atoms with Crippen molar-refractivity contribution in [2.45, 2.75) is 0 Å². The summed E-state index contributed by atoms with van der Waals surface area (Å²) < 4.78 is 7.37. The Kier molecular flexibility index (Phi) is 5.72. The number of fused-ring (bicyclic) bond motifs is 10. The molecule has 0 saturated heterocycles. The average Bonchev–Trinajstić information content (AvgIpc) is 3.88. The lowest BCUT2D eigenvalue weighted by atomic mass is 9.91. The van der Waals surface area contributed by atoms with Crippen LogP contribution >= 0.6 is 11.3 Å². The van der Waals surface area contributed by atoms with E-state index in [2.05, 4.69) is 173 Å². The average molecular weight is 690 g/mol. The number of aromatic nitrogens is 2. The van der Waals surface area contributed by atoms with Crippen molar-refractivity contribution >= 4 is 96.7 Å². The fourth-order valence-corrected chi connectivity index (χ4v) is 10.3. The van der Waals surface area contributed by atoms with Gasteiger partial charge in [-0.15, -0.1) is 11.3 Å². The van der Waals surface area contributed by atoms with Crippen molar-refractivity contribution in [3.63, 3.8) is 0 Å². The number of rotatable bonds is 3. The highest BCUT2D eigenvalue weighted by Crippen LogP contribution is 2.47. The highest BCUT2D eigenvalue weighted by molar-refractivity contribution is 7.26. The first-order valence-corrected chi connectivity index (χ1v) is 18.7. The van der Waals surface area contributed by atoms with E-state index in [9.17, 15) is 5.26 Å². The van der Waals surface area contributed by atoms with E-state index < -0.39 is 0 Å². The summed E-state index contributed by atoms with van der Waals surface area (Å²) in [5.74, 6) is 0. The summed E-state index contributed by atoms with van der Waals surface area (Å²) in [6.07, 6.45) is 0. The van der Waals surface area contributed by atoms with E-state index in [4.69, 9.17) is 0 Å². The summed E-state index contributed by atoms with van der Waals surface area (Å²) in [5, 5.41) is 23.1. The smallest absolute Gasteiger partial charge is 0.0992 e. The third kappa shape index (κ3) is 3.87. The predicted molar refractivity (Wildman–Crippen MR) is 224 cm³/mol. The van der Waals surface area contributed by atoms with Crippen molar-refractivity contribution < 1.29 is 0 Å². The molecule has 3 heterocycles. The van der Waals surface area contributed by atoms with Crippen LogP contribution in [0.1, 0.15) is 5.56 Å². The molecule has 9 aromatic carbocycles. The van der Waals surface area contributed by atoms with E-state index in [0.29, 0.717) is 5.56 Å². The molecular formula is C49H27N3S. The molecule has 0 fully saturated rings. The Morgan fingerprint density at radius 3 is 1.66 bits per heavy atom.